The van der Waals surface area contributed by atoms with Crippen molar-refractivity contribution in [2.24, 2.45) is 11.3 Å². The van der Waals surface area contributed by atoms with Gasteiger partial charge in [-0.1, -0.05) is 63.2 Å². The molecule has 0 saturated carbocycles. The summed E-state index contributed by atoms with van der Waals surface area (Å²) in [6, 6.07) is 17.0. The molecule has 1 N–H and O–H groups in total. The van der Waals surface area contributed by atoms with Crippen LogP contribution in [-0.4, -0.2) is 50.9 Å². The number of fused-ring (bicyclic) bond motifs is 6. The van der Waals surface area contributed by atoms with Crippen molar-refractivity contribution in [3.05, 3.63) is 83.4 Å². The maximum Gasteiger partial charge on any atom is 0.238 e. The molecule has 1 amide bonds. The van der Waals surface area contributed by atoms with Gasteiger partial charge in [-0.25, -0.2) is 0 Å². The molecule has 1 saturated heterocycles. The fraction of sp³-hybridized carbons (Fsp3) is 0.343. The lowest BCUT2D eigenvalue weighted by Gasteiger charge is -2.39. The van der Waals surface area contributed by atoms with Crippen LogP contribution in [0.2, 0.25) is 0 Å². The van der Waals surface area contributed by atoms with E-state index in [1.165, 1.54) is 21.3 Å². The van der Waals surface area contributed by atoms with E-state index in [-0.39, 0.29) is 23.0 Å². The van der Waals surface area contributed by atoms with Crippen molar-refractivity contribution in [3.63, 3.8) is 0 Å². The largest absolute Gasteiger partial charge is 0.493 e. The number of ketones is 2. The third-order valence-electron chi connectivity index (χ3n) is 9.12. The van der Waals surface area contributed by atoms with Gasteiger partial charge in [0, 0.05) is 27.9 Å². The van der Waals surface area contributed by atoms with E-state index < -0.39 is 28.8 Å². The number of methoxy groups -OCH3 is 3. The van der Waals surface area contributed by atoms with Crippen LogP contribution in [-0.2, 0) is 15.0 Å². The van der Waals surface area contributed by atoms with Gasteiger partial charge in [-0.15, -0.1) is 0 Å². The minimum Gasteiger partial charge on any atom is -0.493 e. The normalized spacial score (nSPS) is 23.6. The number of carbonyl (C=O) groups is 3. The molecule has 43 heavy (non-hydrogen) atoms. The maximum absolute atomic E-state index is 15.1. The van der Waals surface area contributed by atoms with E-state index in [4.69, 9.17) is 14.2 Å². The van der Waals surface area contributed by atoms with Gasteiger partial charge >= 0.3 is 0 Å². The molecule has 3 aromatic rings. The number of nitrogens with zero attached hydrogens (tertiary/aromatic N) is 1. The number of Topliss-reactive ketones (excluding diaryl/α,β-unsaturated/α-hetero) is 2. The first-order valence-electron chi connectivity index (χ1n) is 14.4. The van der Waals surface area contributed by atoms with E-state index in [1.54, 1.807) is 12.1 Å². The Labute approximate surface area is 251 Å². The molecule has 0 aromatic heterocycles. The number of carbonyl (C=O) groups excluding carboxylic acids is 3. The van der Waals surface area contributed by atoms with Gasteiger partial charge in [0.15, 0.2) is 23.1 Å². The lowest BCUT2D eigenvalue weighted by atomic mass is 9.63. The number of nitrogens with one attached hydrogen (secondary N) is 1. The zero-order chi connectivity index (χ0) is 30.8. The number of amides is 1. The van der Waals surface area contributed by atoms with E-state index in [2.05, 4.69) is 11.4 Å². The van der Waals surface area contributed by atoms with Crippen LogP contribution in [0.3, 0.4) is 0 Å². The highest BCUT2D eigenvalue weighted by atomic mass is 16.5. The number of hydrogen-bond acceptors (Lipinski definition) is 7. The predicted molar refractivity (Wildman–Crippen MR) is 165 cm³/mol. The van der Waals surface area contributed by atoms with Crippen molar-refractivity contribution in [2.45, 2.75) is 45.2 Å². The molecule has 3 heterocycles. The third-order valence-corrected chi connectivity index (χ3v) is 9.12. The van der Waals surface area contributed by atoms with Gasteiger partial charge in [-0.05, 0) is 42.3 Å². The van der Waals surface area contributed by atoms with Crippen LogP contribution in [0, 0.1) is 11.3 Å². The van der Waals surface area contributed by atoms with Crippen molar-refractivity contribution in [1.82, 2.24) is 0 Å². The van der Waals surface area contributed by atoms with Gasteiger partial charge in [-0.2, -0.15) is 0 Å². The molecule has 4 unspecified atom stereocenters. The monoisotopic (exact) mass is 580 g/mol. The Morgan fingerprint density at radius 2 is 1.53 bits per heavy atom. The average Bonchev–Trinajstić information content (AvgIpc) is 3.47. The average molecular weight is 581 g/mol. The Bertz CT molecular complexity index is 1680. The number of allylic oxidation sites excluding steroid dienone is 1. The number of benzene rings is 3. The Morgan fingerprint density at radius 3 is 2.16 bits per heavy atom. The SMILES string of the molecule is COc1cc(C(=O)C2C(C(=O)C(C)(C)C)N3c4ccccc4C(C)=CC3C23C(=O)Nc2ccccc23)cc(OC)c1OC. The fourth-order valence-electron chi connectivity index (χ4n) is 7.23. The number of ether oxygens (including phenoxy) is 3. The second kappa shape index (κ2) is 10.0. The summed E-state index contributed by atoms with van der Waals surface area (Å²) in [6.45, 7) is 7.58. The Hall–Kier alpha value is -4.59. The molecule has 8 nitrogen and oxygen atoms in total. The summed E-state index contributed by atoms with van der Waals surface area (Å²) in [7, 11) is 4.47. The van der Waals surface area contributed by atoms with Gasteiger partial charge in [0.1, 0.15) is 11.5 Å². The lowest BCUT2D eigenvalue weighted by molar-refractivity contribution is -0.128. The van der Waals surface area contributed by atoms with Crippen LogP contribution in [0.1, 0.15) is 49.2 Å². The number of rotatable bonds is 6. The second-order valence-corrected chi connectivity index (χ2v) is 12.4. The number of hydrogen-bond donors (Lipinski definition) is 1. The van der Waals surface area contributed by atoms with E-state index in [9.17, 15) is 9.59 Å². The van der Waals surface area contributed by atoms with Crippen molar-refractivity contribution in [1.29, 1.82) is 0 Å². The van der Waals surface area contributed by atoms with Crippen molar-refractivity contribution < 1.29 is 28.6 Å². The zero-order valence-corrected chi connectivity index (χ0v) is 25.5. The maximum atomic E-state index is 15.1. The third kappa shape index (κ3) is 3.92. The molecule has 222 valence electrons. The van der Waals surface area contributed by atoms with Gasteiger partial charge in [0.2, 0.25) is 11.7 Å². The highest BCUT2D eigenvalue weighted by molar-refractivity contribution is 6.17. The summed E-state index contributed by atoms with van der Waals surface area (Å²) in [4.78, 5) is 46.4. The van der Waals surface area contributed by atoms with Crippen LogP contribution in [0.25, 0.3) is 5.57 Å². The molecule has 1 fully saturated rings. The molecule has 4 atom stereocenters. The van der Waals surface area contributed by atoms with Crippen molar-refractivity contribution in [3.8, 4) is 17.2 Å². The van der Waals surface area contributed by atoms with Gasteiger partial charge < -0.3 is 24.4 Å². The van der Waals surface area contributed by atoms with Crippen LogP contribution >= 0.6 is 0 Å². The first-order valence-corrected chi connectivity index (χ1v) is 14.4. The van der Waals surface area contributed by atoms with E-state index in [0.717, 1.165) is 16.8 Å². The van der Waals surface area contributed by atoms with E-state index in [0.29, 0.717) is 28.5 Å². The van der Waals surface area contributed by atoms with E-state index >= 15 is 4.79 Å². The Kier molecular flexibility index (Phi) is 6.64. The van der Waals surface area contributed by atoms with Crippen molar-refractivity contribution in [2.75, 3.05) is 31.5 Å². The Balaban J connectivity index is 1.70. The molecular weight excluding hydrogens is 544 g/mol. The molecular formula is C35H36N2O6. The summed E-state index contributed by atoms with van der Waals surface area (Å²) in [5.41, 5.74) is 2.17. The van der Waals surface area contributed by atoms with Crippen LogP contribution in [0.5, 0.6) is 17.2 Å². The van der Waals surface area contributed by atoms with Gasteiger partial charge in [0.05, 0.1) is 33.3 Å². The molecule has 3 aliphatic rings. The second-order valence-electron chi connectivity index (χ2n) is 12.4. The minimum absolute atomic E-state index is 0.125. The molecule has 1 spiro atoms. The summed E-state index contributed by atoms with van der Waals surface area (Å²) < 4.78 is 16.7. The molecule has 3 aliphatic heterocycles. The molecule has 0 radical (unpaired) electrons. The zero-order valence-electron chi connectivity index (χ0n) is 25.5. The van der Waals surface area contributed by atoms with E-state index in [1.807, 2.05) is 81.1 Å². The number of para-hydroxylation sites is 2. The Morgan fingerprint density at radius 1 is 0.907 bits per heavy atom. The predicted octanol–water partition coefficient (Wildman–Crippen LogP) is 5.69. The van der Waals surface area contributed by atoms with Crippen LogP contribution in [0.4, 0.5) is 11.4 Å². The minimum atomic E-state index is -1.39. The molecule has 0 bridgehead atoms. The van der Waals surface area contributed by atoms with Crippen LogP contribution < -0.4 is 24.4 Å². The molecule has 8 heteroatoms. The lowest BCUT2D eigenvalue weighted by Crippen LogP contribution is -2.51. The summed E-state index contributed by atoms with van der Waals surface area (Å²) >= 11 is 0. The van der Waals surface area contributed by atoms with Crippen molar-refractivity contribution >= 4 is 34.4 Å². The number of anilines is 2. The highest BCUT2D eigenvalue weighted by Crippen LogP contribution is 2.59. The first-order chi connectivity index (χ1) is 20.5. The first kappa shape index (κ1) is 28.5. The smallest absolute Gasteiger partial charge is 0.238 e. The molecule has 6 rings (SSSR count). The summed E-state index contributed by atoms with van der Waals surface area (Å²) in [5, 5.41) is 3.07. The van der Waals surface area contributed by atoms with Gasteiger partial charge in [0.25, 0.3) is 0 Å². The quantitative estimate of drug-likeness (QED) is 0.375. The summed E-state index contributed by atoms with van der Waals surface area (Å²) in [6.07, 6.45) is 2.05. The highest BCUT2D eigenvalue weighted by Gasteiger charge is 2.71. The van der Waals surface area contributed by atoms with Gasteiger partial charge in [-0.3, -0.25) is 14.4 Å². The molecule has 0 aliphatic carbocycles. The topological polar surface area (TPSA) is 94.2 Å². The summed E-state index contributed by atoms with van der Waals surface area (Å²) in [5.74, 6) is -0.893. The fourth-order valence-corrected chi connectivity index (χ4v) is 7.23. The van der Waals surface area contributed by atoms with Crippen LogP contribution in [0.15, 0.2) is 66.7 Å². The standard InChI is InChI=1S/C35H36N2O6/c1-19-16-27-35(22-13-9-10-14-23(22)36-33(35)40)28(30(38)20-17-25(41-5)31(43-7)26(18-20)42-6)29(32(39)34(2,3)4)37(27)24-15-11-8-12-21(19)24/h8-18,27-29H,1-7H3,(H,36,40). The molecule has 3 aromatic carbocycles.